The van der Waals surface area contributed by atoms with Crippen LogP contribution in [0, 0.1) is 5.82 Å². The summed E-state index contributed by atoms with van der Waals surface area (Å²) < 4.78 is 23.7. The van der Waals surface area contributed by atoms with E-state index in [9.17, 15) is 14.0 Å². The third kappa shape index (κ3) is 2.67. The number of anilines is 2. The van der Waals surface area contributed by atoms with Crippen LogP contribution in [0.4, 0.5) is 15.8 Å². The molecule has 1 saturated heterocycles. The Bertz CT molecular complexity index is 925. The Balaban J connectivity index is 1.70. The predicted octanol–water partition coefficient (Wildman–Crippen LogP) is 2.34. The van der Waals surface area contributed by atoms with Gasteiger partial charge in [0.15, 0.2) is 12.1 Å². The van der Waals surface area contributed by atoms with Gasteiger partial charge in [-0.25, -0.2) is 14.3 Å². The molecule has 0 spiro atoms. The first-order valence-electron chi connectivity index (χ1n) is 8.10. The quantitative estimate of drug-likeness (QED) is 0.772. The first-order valence-corrected chi connectivity index (χ1v) is 8.10. The number of ether oxygens (including phenoxy) is 2. The Hall–Kier alpha value is -3.49. The van der Waals surface area contributed by atoms with Gasteiger partial charge in [0.2, 0.25) is 0 Å². The standard InChI is InChI=1S/C18H15FN4O4/c1-26-13-7-12(8-14(9-13)27-2)23-16-15(20-21-23)17(24)22(18(16)25)11-5-3-10(19)4-6-11/h3-9,15-16H,1-2H3/t15-,16+/m0/s1. The monoisotopic (exact) mass is 370 g/mol. The number of halogens is 1. The summed E-state index contributed by atoms with van der Waals surface area (Å²) in [6.07, 6.45) is 0. The molecule has 0 saturated carbocycles. The SMILES string of the molecule is COc1cc(OC)cc(N2N=N[C@@H]3C(=O)N(c4ccc(F)cc4)C(=O)[C@@H]32)c1. The summed E-state index contributed by atoms with van der Waals surface area (Å²) >= 11 is 0. The molecule has 2 aliphatic heterocycles. The second-order valence-corrected chi connectivity index (χ2v) is 6.00. The molecule has 27 heavy (non-hydrogen) atoms. The molecule has 0 N–H and O–H groups in total. The van der Waals surface area contributed by atoms with E-state index in [0.29, 0.717) is 22.9 Å². The molecule has 0 radical (unpaired) electrons. The fraction of sp³-hybridized carbons (Fsp3) is 0.222. The number of rotatable bonds is 4. The van der Waals surface area contributed by atoms with Crippen LogP contribution in [0.25, 0.3) is 0 Å². The Morgan fingerprint density at radius 3 is 2.15 bits per heavy atom. The summed E-state index contributed by atoms with van der Waals surface area (Å²) in [6, 6.07) is 8.28. The van der Waals surface area contributed by atoms with Crippen molar-refractivity contribution in [2.75, 3.05) is 24.1 Å². The fourth-order valence-electron chi connectivity index (χ4n) is 3.14. The molecule has 2 atom stereocenters. The zero-order chi connectivity index (χ0) is 19.1. The zero-order valence-corrected chi connectivity index (χ0v) is 14.5. The van der Waals surface area contributed by atoms with E-state index in [0.717, 1.165) is 4.90 Å². The van der Waals surface area contributed by atoms with Crippen molar-refractivity contribution in [3.8, 4) is 11.5 Å². The van der Waals surface area contributed by atoms with Gasteiger partial charge in [0, 0.05) is 18.2 Å². The van der Waals surface area contributed by atoms with Gasteiger partial charge in [0.1, 0.15) is 17.3 Å². The Morgan fingerprint density at radius 1 is 0.926 bits per heavy atom. The van der Waals surface area contributed by atoms with Crippen LogP contribution in [0.2, 0.25) is 0 Å². The van der Waals surface area contributed by atoms with Gasteiger partial charge in [-0.2, -0.15) is 5.11 Å². The van der Waals surface area contributed by atoms with Gasteiger partial charge >= 0.3 is 0 Å². The third-order valence-electron chi connectivity index (χ3n) is 4.47. The largest absolute Gasteiger partial charge is 0.497 e. The van der Waals surface area contributed by atoms with Crippen molar-refractivity contribution < 1.29 is 23.5 Å². The normalized spacial score (nSPS) is 21.0. The Kier molecular flexibility index (Phi) is 3.98. The van der Waals surface area contributed by atoms with E-state index in [4.69, 9.17) is 9.47 Å². The number of imide groups is 1. The molecular formula is C18H15FN4O4. The van der Waals surface area contributed by atoms with E-state index in [1.165, 1.54) is 43.5 Å². The lowest BCUT2D eigenvalue weighted by molar-refractivity contribution is -0.121. The molecule has 0 unspecified atom stereocenters. The summed E-state index contributed by atoms with van der Waals surface area (Å²) in [6.45, 7) is 0. The number of benzene rings is 2. The summed E-state index contributed by atoms with van der Waals surface area (Å²) in [7, 11) is 3.01. The van der Waals surface area contributed by atoms with Gasteiger partial charge in [0.25, 0.3) is 11.8 Å². The lowest BCUT2D eigenvalue weighted by atomic mass is 10.1. The molecule has 0 aromatic heterocycles. The van der Waals surface area contributed by atoms with Crippen LogP contribution in [0.15, 0.2) is 52.8 Å². The highest BCUT2D eigenvalue weighted by molar-refractivity contribution is 6.26. The van der Waals surface area contributed by atoms with Crippen molar-refractivity contribution in [1.29, 1.82) is 0 Å². The average molecular weight is 370 g/mol. The van der Waals surface area contributed by atoms with Crippen LogP contribution >= 0.6 is 0 Å². The highest BCUT2D eigenvalue weighted by atomic mass is 19.1. The van der Waals surface area contributed by atoms with Gasteiger partial charge < -0.3 is 9.47 Å². The lowest BCUT2D eigenvalue weighted by Crippen LogP contribution is -2.39. The average Bonchev–Trinajstić information content (AvgIpc) is 3.23. The first-order chi connectivity index (χ1) is 13.0. The number of carbonyl (C=O) groups excluding carboxylic acids is 2. The van der Waals surface area contributed by atoms with Gasteiger partial charge in [-0.05, 0) is 24.3 Å². The number of hydrogen-bond acceptors (Lipinski definition) is 7. The van der Waals surface area contributed by atoms with Crippen molar-refractivity contribution in [2.24, 2.45) is 10.3 Å². The van der Waals surface area contributed by atoms with Crippen molar-refractivity contribution in [2.45, 2.75) is 12.1 Å². The lowest BCUT2D eigenvalue weighted by Gasteiger charge is -2.21. The van der Waals surface area contributed by atoms with Crippen LogP contribution in [-0.2, 0) is 9.59 Å². The number of hydrogen-bond donors (Lipinski definition) is 0. The number of fused-ring (bicyclic) bond motifs is 1. The van der Waals surface area contributed by atoms with Crippen LogP contribution in [0.1, 0.15) is 0 Å². The van der Waals surface area contributed by atoms with Crippen LogP contribution < -0.4 is 19.4 Å². The molecule has 2 aromatic carbocycles. The van der Waals surface area contributed by atoms with E-state index in [1.807, 2.05) is 0 Å². The van der Waals surface area contributed by atoms with E-state index in [2.05, 4.69) is 10.3 Å². The minimum absolute atomic E-state index is 0.291. The van der Waals surface area contributed by atoms with Crippen LogP contribution in [0.5, 0.6) is 11.5 Å². The molecule has 4 rings (SSSR count). The van der Waals surface area contributed by atoms with E-state index < -0.39 is 29.7 Å². The van der Waals surface area contributed by atoms with Crippen molar-refractivity contribution in [1.82, 2.24) is 0 Å². The fourth-order valence-corrected chi connectivity index (χ4v) is 3.14. The maximum absolute atomic E-state index is 13.2. The first kappa shape index (κ1) is 17.0. The molecule has 2 heterocycles. The molecule has 2 aliphatic rings. The van der Waals surface area contributed by atoms with Crippen molar-refractivity contribution in [3.63, 3.8) is 0 Å². The Labute approximate surface area is 153 Å². The van der Waals surface area contributed by atoms with Gasteiger partial charge in [-0.3, -0.25) is 9.59 Å². The summed E-state index contributed by atoms with van der Waals surface area (Å²) in [5.74, 6) is -0.422. The molecule has 1 fully saturated rings. The zero-order valence-electron chi connectivity index (χ0n) is 14.5. The van der Waals surface area contributed by atoms with E-state index in [1.54, 1.807) is 18.2 Å². The van der Waals surface area contributed by atoms with Crippen molar-refractivity contribution >= 4 is 23.2 Å². The third-order valence-corrected chi connectivity index (χ3v) is 4.47. The molecule has 138 valence electrons. The highest BCUT2D eigenvalue weighted by Crippen LogP contribution is 2.37. The maximum atomic E-state index is 13.2. The second kappa shape index (κ2) is 6.35. The molecule has 0 bridgehead atoms. The molecular weight excluding hydrogens is 355 g/mol. The molecule has 2 aromatic rings. The predicted molar refractivity (Wildman–Crippen MR) is 93.4 cm³/mol. The summed E-state index contributed by atoms with van der Waals surface area (Å²) in [5.41, 5.74) is 0.795. The van der Waals surface area contributed by atoms with Gasteiger partial charge in [-0.1, -0.05) is 5.22 Å². The second-order valence-electron chi connectivity index (χ2n) is 6.00. The number of amides is 2. The number of methoxy groups -OCH3 is 2. The van der Waals surface area contributed by atoms with Crippen LogP contribution in [-0.4, -0.2) is 38.1 Å². The van der Waals surface area contributed by atoms with E-state index >= 15 is 0 Å². The minimum atomic E-state index is -0.959. The molecule has 9 heteroatoms. The molecule has 0 aliphatic carbocycles. The van der Waals surface area contributed by atoms with E-state index in [-0.39, 0.29) is 0 Å². The number of nitrogens with zero attached hydrogens (tertiary/aromatic N) is 4. The minimum Gasteiger partial charge on any atom is -0.497 e. The highest BCUT2D eigenvalue weighted by Gasteiger charge is 2.55. The van der Waals surface area contributed by atoms with Crippen LogP contribution in [0.3, 0.4) is 0 Å². The molecule has 2 amide bonds. The van der Waals surface area contributed by atoms with Crippen molar-refractivity contribution in [3.05, 3.63) is 48.3 Å². The molecule has 8 nitrogen and oxygen atoms in total. The maximum Gasteiger partial charge on any atom is 0.263 e. The Morgan fingerprint density at radius 2 is 1.56 bits per heavy atom. The number of carbonyl (C=O) groups is 2. The topological polar surface area (TPSA) is 83.8 Å². The van der Waals surface area contributed by atoms with Gasteiger partial charge in [-0.15, -0.1) is 0 Å². The summed E-state index contributed by atoms with van der Waals surface area (Å²) in [4.78, 5) is 26.7. The summed E-state index contributed by atoms with van der Waals surface area (Å²) in [5, 5.41) is 9.35. The smallest absolute Gasteiger partial charge is 0.263 e. The van der Waals surface area contributed by atoms with Gasteiger partial charge in [0.05, 0.1) is 25.6 Å².